The summed E-state index contributed by atoms with van der Waals surface area (Å²) in [7, 11) is 0. The van der Waals surface area contributed by atoms with Crippen LogP contribution in [0.5, 0.6) is 0 Å². The van der Waals surface area contributed by atoms with Gasteiger partial charge in [-0.1, -0.05) is 58.4 Å². The van der Waals surface area contributed by atoms with Gasteiger partial charge < -0.3 is 0 Å². The maximum atomic E-state index is 4.77. The van der Waals surface area contributed by atoms with Crippen molar-refractivity contribution in [1.29, 1.82) is 0 Å². The molecule has 4 rings (SSSR count). The Morgan fingerprint density at radius 3 is 2.35 bits per heavy atom. The first-order chi connectivity index (χ1) is 11.2. The van der Waals surface area contributed by atoms with Crippen molar-refractivity contribution in [3.63, 3.8) is 0 Å². The number of hydrogen-bond donors (Lipinski definition) is 0. The van der Waals surface area contributed by atoms with Gasteiger partial charge in [0.2, 0.25) is 0 Å². The Balaban J connectivity index is 1.94. The number of nitrogens with zero attached hydrogens (tertiary/aromatic N) is 3. The summed E-state index contributed by atoms with van der Waals surface area (Å²) in [5.41, 5.74) is 6.03. The molecule has 23 heavy (non-hydrogen) atoms. The van der Waals surface area contributed by atoms with Gasteiger partial charge in [0.25, 0.3) is 0 Å². The molecule has 2 aromatic heterocycles. The third-order valence-electron chi connectivity index (χ3n) is 3.76. The summed E-state index contributed by atoms with van der Waals surface area (Å²) in [5.74, 6) is 0. The second-order valence-corrected chi connectivity index (χ2v) is 6.37. The Morgan fingerprint density at radius 2 is 1.61 bits per heavy atom. The van der Waals surface area contributed by atoms with Crippen LogP contribution >= 0.6 is 15.9 Å². The van der Waals surface area contributed by atoms with E-state index in [1.165, 1.54) is 0 Å². The van der Waals surface area contributed by atoms with Gasteiger partial charge in [-0.25, -0.2) is 9.50 Å². The maximum Gasteiger partial charge on any atom is 0.156 e. The summed E-state index contributed by atoms with van der Waals surface area (Å²) in [6, 6.07) is 22.5. The fourth-order valence-electron chi connectivity index (χ4n) is 2.68. The Kier molecular flexibility index (Phi) is 3.46. The second-order valence-electron chi connectivity index (χ2n) is 5.46. The number of benzene rings is 2. The molecule has 0 saturated heterocycles. The van der Waals surface area contributed by atoms with E-state index in [1.54, 1.807) is 0 Å². The van der Waals surface area contributed by atoms with Gasteiger partial charge in [-0.05, 0) is 25.1 Å². The fourth-order valence-corrected chi connectivity index (χ4v) is 2.94. The van der Waals surface area contributed by atoms with Crippen LogP contribution in [0.4, 0.5) is 0 Å². The Bertz CT molecular complexity index is 973. The highest BCUT2D eigenvalue weighted by Gasteiger charge is 2.11. The first-order valence-corrected chi connectivity index (χ1v) is 8.19. The van der Waals surface area contributed by atoms with Crippen LogP contribution < -0.4 is 0 Å². The Labute approximate surface area is 142 Å². The summed E-state index contributed by atoms with van der Waals surface area (Å²) in [4.78, 5) is 4.62. The van der Waals surface area contributed by atoms with E-state index in [-0.39, 0.29) is 0 Å². The first-order valence-electron chi connectivity index (χ1n) is 7.39. The predicted octanol–water partition coefficient (Wildman–Crippen LogP) is 5.13. The van der Waals surface area contributed by atoms with Crippen LogP contribution in [-0.2, 0) is 0 Å². The van der Waals surface area contributed by atoms with Crippen LogP contribution in [0.25, 0.3) is 28.2 Å². The Hall–Kier alpha value is -2.46. The Morgan fingerprint density at radius 1 is 0.870 bits per heavy atom. The number of aromatic nitrogens is 3. The molecule has 112 valence electrons. The largest absolute Gasteiger partial charge is 0.234 e. The van der Waals surface area contributed by atoms with Crippen molar-refractivity contribution in [2.45, 2.75) is 6.92 Å². The molecule has 0 bridgehead atoms. The quantitative estimate of drug-likeness (QED) is 0.493. The summed E-state index contributed by atoms with van der Waals surface area (Å²) in [6.07, 6.45) is 0. The lowest BCUT2D eigenvalue weighted by Crippen LogP contribution is -1.98. The van der Waals surface area contributed by atoms with E-state index in [0.717, 1.165) is 38.3 Å². The molecule has 0 atom stereocenters. The van der Waals surface area contributed by atoms with E-state index >= 15 is 0 Å². The van der Waals surface area contributed by atoms with E-state index in [4.69, 9.17) is 5.10 Å². The number of aryl methyl sites for hydroxylation is 1. The van der Waals surface area contributed by atoms with Crippen LogP contribution in [0.15, 0.2) is 71.2 Å². The average Bonchev–Trinajstić information content (AvgIpc) is 2.99. The topological polar surface area (TPSA) is 30.2 Å². The molecule has 4 aromatic rings. The summed E-state index contributed by atoms with van der Waals surface area (Å²) < 4.78 is 2.98. The summed E-state index contributed by atoms with van der Waals surface area (Å²) in [6.45, 7) is 2.01. The molecule has 0 aliphatic rings. The lowest BCUT2D eigenvalue weighted by atomic mass is 10.1. The molecule has 2 heterocycles. The second kappa shape index (κ2) is 5.63. The highest BCUT2D eigenvalue weighted by Crippen LogP contribution is 2.26. The smallest absolute Gasteiger partial charge is 0.156 e. The maximum absolute atomic E-state index is 4.77. The average molecular weight is 364 g/mol. The number of fused-ring (bicyclic) bond motifs is 1. The molecule has 0 N–H and O–H groups in total. The van der Waals surface area contributed by atoms with Gasteiger partial charge >= 0.3 is 0 Å². The number of hydrogen-bond acceptors (Lipinski definition) is 2. The standard InChI is InChI=1S/C19H14BrN3/c1-13-11-18(15-7-9-16(20)10-8-15)23-19(21-13)12-17(22-23)14-5-3-2-4-6-14/h2-12H,1H3. The van der Waals surface area contributed by atoms with Gasteiger partial charge in [-0.2, -0.15) is 5.10 Å². The van der Waals surface area contributed by atoms with E-state index < -0.39 is 0 Å². The molecule has 0 fully saturated rings. The molecular formula is C19H14BrN3. The van der Waals surface area contributed by atoms with E-state index in [9.17, 15) is 0 Å². The van der Waals surface area contributed by atoms with Crippen molar-refractivity contribution in [3.8, 4) is 22.5 Å². The molecule has 4 heteroatoms. The highest BCUT2D eigenvalue weighted by molar-refractivity contribution is 9.10. The van der Waals surface area contributed by atoms with Gasteiger partial charge in [-0.3, -0.25) is 0 Å². The molecular weight excluding hydrogens is 350 g/mol. The zero-order valence-electron chi connectivity index (χ0n) is 12.6. The minimum absolute atomic E-state index is 0.863. The van der Waals surface area contributed by atoms with Crippen molar-refractivity contribution in [1.82, 2.24) is 14.6 Å². The molecule has 0 unspecified atom stereocenters. The molecule has 0 amide bonds. The zero-order valence-corrected chi connectivity index (χ0v) is 14.2. The highest BCUT2D eigenvalue weighted by atomic mass is 79.9. The van der Waals surface area contributed by atoms with Crippen LogP contribution in [0, 0.1) is 6.92 Å². The predicted molar refractivity (Wildman–Crippen MR) is 96.3 cm³/mol. The third-order valence-corrected chi connectivity index (χ3v) is 4.29. The number of halogens is 1. The lowest BCUT2D eigenvalue weighted by molar-refractivity contribution is 0.942. The van der Waals surface area contributed by atoms with E-state index in [2.05, 4.69) is 51.2 Å². The van der Waals surface area contributed by atoms with Crippen molar-refractivity contribution >= 4 is 21.6 Å². The molecule has 0 radical (unpaired) electrons. The SMILES string of the molecule is Cc1cc(-c2ccc(Br)cc2)n2nc(-c3ccccc3)cc2n1. The molecule has 0 saturated carbocycles. The van der Waals surface area contributed by atoms with E-state index in [0.29, 0.717) is 0 Å². The summed E-state index contributed by atoms with van der Waals surface area (Å²) >= 11 is 3.48. The lowest BCUT2D eigenvalue weighted by Gasteiger charge is -2.06. The van der Waals surface area contributed by atoms with Crippen LogP contribution in [0.3, 0.4) is 0 Å². The summed E-state index contributed by atoms with van der Waals surface area (Å²) in [5, 5.41) is 4.77. The third kappa shape index (κ3) is 2.66. The van der Waals surface area contributed by atoms with Gasteiger partial charge in [0, 0.05) is 27.4 Å². The normalized spacial score (nSPS) is 11.0. The van der Waals surface area contributed by atoms with Crippen LogP contribution in [0.2, 0.25) is 0 Å². The zero-order chi connectivity index (χ0) is 15.8. The molecule has 2 aromatic carbocycles. The van der Waals surface area contributed by atoms with Crippen molar-refractivity contribution < 1.29 is 0 Å². The van der Waals surface area contributed by atoms with Crippen LogP contribution in [-0.4, -0.2) is 14.6 Å². The monoisotopic (exact) mass is 363 g/mol. The minimum atomic E-state index is 0.863. The minimum Gasteiger partial charge on any atom is -0.234 e. The van der Waals surface area contributed by atoms with Crippen molar-refractivity contribution in [3.05, 3.63) is 76.9 Å². The molecule has 0 aliphatic heterocycles. The molecule has 0 spiro atoms. The molecule has 3 nitrogen and oxygen atoms in total. The number of rotatable bonds is 2. The van der Waals surface area contributed by atoms with Gasteiger partial charge in [0.1, 0.15) is 0 Å². The molecule has 0 aliphatic carbocycles. The van der Waals surface area contributed by atoms with Crippen molar-refractivity contribution in [2.24, 2.45) is 0 Å². The van der Waals surface area contributed by atoms with Gasteiger partial charge in [0.05, 0.1) is 11.4 Å². The van der Waals surface area contributed by atoms with Crippen molar-refractivity contribution in [2.75, 3.05) is 0 Å². The van der Waals surface area contributed by atoms with Gasteiger partial charge in [0.15, 0.2) is 5.65 Å². The van der Waals surface area contributed by atoms with Gasteiger partial charge in [-0.15, -0.1) is 0 Å². The fraction of sp³-hybridized carbons (Fsp3) is 0.0526. The van der Waals surface area contributed by atoms with Crippen LogP contribution in [0.1, 0.15) is 5.69 Å². The first kappa shape index (κ1) is 14.2. The van der Waals surface area contributed by atoms with E-state index in [1.807, 2.05) is 47.8 Å².